The van der Waals surface area contributed by atoms with Gasteiger partial charge in [0.05, 0.1) is 10.9 Å². The summed E-state index contributed by atoms with van der Waals surface area (Å²) in [6, 6.07) is 4.56. The van der Waals surface area contributed by atoms with Gasteiger partial charge in [-0.3, -0.25) is 9.59 Å². The van der Waals surface area contributed by atoms with Crippen molar-refractivity contribution in [1.82, 2.24) is 9.97 Å². The maximum atomic E-state index is 12.3. The van der Waals surface area contributed by atoms with E-state index in [0.29, 0.717) is 21.7 Å². The first-order chi connectivity index (χ1) is 12.8. The number of aromatic amines is 1. The first-order valence-corrected chi connectivity index (χ1v) is 9.20. The van der Waals surface area contributed by atoms with Crippen LogP contribution in [0.15, 0.2) is 23.0 Å². The van der Waals surface area contributed by atoms with Crippen LogP contribution in [0.2, 0.25) is 0 Å². The Balaban J connectivity index is 1.73. The van der Waals surface area contributed by atoms with E-state index in [1.807, 2.05) is 13.8 Å². The maximum absolute atomic E-state index is 12.3. The van der Waals surface area contributed by atoms with Crippen molar-refractivity contribution in [1.29, 1.82) is 0 Å². The number of anilines is 1. The first kappa shape index (κ1) is 18.8. The molecule has 1 aromatic carbocycles. The van der Waals surface area contributed by atoms with Crippen molar-refractivity contribution < 1.29 is 14.7 Å². The molecule has 27 heavy (non-hydrogen) atoms. The maximum Gasteiger partial charge on any atom is 0.335 e. The molecular formula is C19H19N3O4S. The molecule has 0 fully saturated rings. The van der Waals surface area contributed by atoms with Gasteiger partial charge in [0.15, 0.2) is 0 Å². The Morgan fingerprint density at radius 1 is 1.26 bits per heavy atom. The molecule has 3 aromatic rings. The van der Waals surface area contributed by atoms with Crippen molar-refractivity contribution in [3.63, 3.8) is 0 Å². The molecule has 0 aliphatic heterocycles. The molecule has 7 nitrogen and oxygen atoms in total. The van der Waals surface area contributed by atoms with Gasteiger partial charge < -0.3 is 15.4 Å². The molecule has 0 atom stereocenters. The largest absolute Gasteiger partial charge is 0.478 e. The van der Waals surface area contributed by atoms with Gasteiger partial charge in [-0.1, -0.05) is 6.07 Å². The van der Waals surface area contributed by atoms with E-state index in [1.54, 1.807) is 13.0 Å². The summed E-state index contributed by atoms with van der Waals surface area (Å²) in [4.78, 5) is 44.5. The number of carboxylic acids is 1. The summed E-state index contributed by atoms with van der Waals surface area (Å²) >= 11 is 1.46. The smallest absolute Gasteiger partial charge is 0.335 e. The minimum Gasteiger partial charge on any atom is -0.478 e. The normalized spacial score (nSPS) is 10.9. The molecule has 8 heteroatoms. The van der Waals surface area contributed by atoms with Crippen LogP contribution in [0.25, 0.3) is 10.2 Å². The van der Waals surface area contributed by atoms with E-state index in [4.69, 9.17) is 5.11 Å². The lowest BCUT2D eigenvalue weighted by atomic mass is 10.1. The number of hydrogen-bond acceptors (Lipinski definition) is 5. The molecule has 2 aromatic heterocycles. The predicted octanol–water partition coefficient (Wildman–Crippen LogP) is 3.18. The number of carboxylic acid groups (broad SMARTS) is 1. The molecule has 3 rings (SSSR count). The number of hydrogen-bond donors (Lipinski definition) is 3. The van der Waals surface area contributed by atoms with Crippen molar-refractivity contribution in [3.05, 3.63) is 55.9 Å². The van der Waals surface area contributed by atoms with Gasteiger partial charge in [0.2, 0.25) is 5.91 Å². The Hall–Kier alpha value is -3.00. The summed E-state index contributed by atoms with van der Waals surface area (Å²) in [6.07, 6.45) is 0.402. The monoisotopic (exact) mass is 385 g/mol. The van der Waals surface area contributed by atoms with E-state index in [-0.39, 0.29) is 29.9 Å². The van der Waals surface area contributed by atoms with Gasteiger partial charge in [0.1, 0.15) is 10.7 Å². The van der Waals surface area contributed by atoms with Crippen LogP contribution in [-0.4, -0.2) is 27.0 Å². The van der Waals surface area contributed by atoms with Crippen LogP contribution in [0, 0.1) is 20.8 Å². The summed E-state index contributed by atoms with van der Waals surface area (Å²) in [5.41, 5.74) is 2.08. The summed E-state index contributed by atoms with van der Waals surface area (Å²) in [5.74, 6) is -0.871. The average Bonchev–Trinajstić information content (AvgIpc) is 2.89. The number of benzene rings is 1. The van der Waals surface area contributed by atoms with Crippen molar-refractivity contribution in [2.24, 2.45) is 0 Å². The van der Waals surface area contributed by atoms with Crippen LogP contribution < -0.4 is 10.9 Å². The molecule has 0 aliphatic rings. The van der Waals surface area contributed by atoms with E-state index in [9.17, 15) is 14.4 Å². The lowest BCUT2D eigenvalue weighted by Gasteiger charge is -2.09. The molecule has 0 saturated carbocycles. The van der Waals surface area contributed by atoms with E-state index in [0.717, 1.165) is 16.0 Å². The van der Waals surface area contributed by atoms with Crippen LogP contribution in [0.5, 0.6) is 0 Å². The number of aryl methyl sites for hydroxylation is 4. The topological polar surface area (TPSA) is 112 Å². The Bertz CT molecular complexity index is 1110. The average molecular weight is 385 g/mol. The van der Waals surface area contributed by atoms with E-state index >= 15 is 0 Å². The standard InChI is InChI=1S/C19H19N3O4S/c1-9-4-5-12(19(25)26)8-13(9)20-15(23)7-6-14-21-17(24)16-10(2)11(3)27-18(16)22-14/h4-5,8H,6-7H2,1-3H3,(H,20,23)(H,25,26)(H,21,22,24). The highest BCUT2D eigenvalue weighted by Gasteiger charge is 2.13. The summed E-state index contributed by atoms with van der Waals surface area (Å²) in [6.45, 7) is 5.63. The molecule has 0 saturated heterocycles. The summed E-state index contributed by atoms with van der Waals surface area (Å²) < 4.78 is 0. The van der Waals surface area contributed by atoms with Gasteiger partial charge in [-0.15, -0.1) is 11.3 Å². The third-order valence-corrected chi connectivity index (χ3v) is 5.54. The van der Waals surface area contributed by atoms with Gasteiger partial charge >= 0.3 is 5.97 Å². The third kappa shape index (κ3) is 3.90. The minimum atomic E-state index is -1.05. The highest BCUT2D eigenvalue weighted by Crippen LogP contribution is 2.25. The fourth-order valence-electron chi connectivity index (χ4n) is 2.75. The van der Waals surface area contributed by atoms with Crippen LogP contribution in [0.1, 0.15) is 38.6 Å². The first-order valence-electron chi connectivity index (χ1n) is 8.39. The lowest BCUT2D eigenvalue weighted by molar-refractivity contribution is -0.116. The van der Waals surface area contributed by atoms with Crippen molar-refractivity contribution in [2.75, 3.05) is 5.32 Å². The SMILES string of the molecule is Cc1ccc(C(=O)O)cc1NC(=O)CCc1nc2sc(C)c(C)c2c(=O)[nH]1. The number of aromatic carboxylic acids is 1. The molecular weight excluding hydrogens is 366 g/mol. The van der Waals surface area contributed by atoms with Crippen molar-refractivity contribution >= 4 is 39.1 Å². The molecule has 0 radical (unpaired) electrons. The van der Waals surface area contributed by atoms with Crippen molar-refractivity contribution in [2.45, 2.75) is 33.6 Å². The third-order valence-electron chi connectivity index (χ3n) is 4.44. The molecule has 0 spiro atoms. The predicted molar refractivity (Wildman–Crippen MR) is 105 cm³/mol. The molecule has 140 valence electrons. The summed E-state index contributed by atoms with van der Waals surface area (Å²) in [5, 5.41) is 12.4. The second-order valence-electron chi connectivity index (χ2n) is 6.36. The number of H-pyrrole nitrogens is 1. The van der Waals surface area contributed by atoms with Crippen molar-refractivity contribution in [3.8, 4) is 0 Å². The lowest BCUT2D eigenvalue weighted by Crippen LogP contribution is -2.16. The minimum absolute atomic E-state index is 0.107. The number of amides is 1. The Kier molecular flexibility index (Phi) is 5.09. The Labute approximate surface area is 159 Å². The number of nitrogens with zero attached hydrogens (tertiary/aromatic N) is 1. The number of aromatic nitrogens is 2. The zero-order valence-corrected chi connectivity index (χ0v) is 16.0. The molecule has 3 N–H and O–H groups in total. The zero-order valence-electron chi connectivity index (χ0n) is 15.2. The zero-order chi connectivity index (χ0) is 19.7. The molecule has 0 unspecified atom stereocenters. The van der Waals surface area contributed by atoms with Crippen LogP contribution in [-0.2, 0) is 11.2 Å². The van der Waals surface area contributed by atoms with Gasteiger partial charge in [-0.2, -0.15) is 0 Å². The second-order valence-corrected chi connectivity index (χ2v) is 7.56. The van der Waals surface area contributed by atoms with Gasteiger partial charge in [-0.05, 0) is 44.0 Å². The number of carbonyl (C=O) groups excluding carboxylic acids is 1. The Morgan fingerprint density at radius 2 is 2.00 bits per heavy atom. The highest BCUT2D eigenvalue weighted by molar-refractivity contribution is 7.18. The number of fused-ring (bicyclic) bond motifs is 1. The number of nitrogens with one attached hydrogen (secondary N) is 2. The fraction of sp³-hybridized carbons (Fsp3) is 0.263. The van der Waals surface area contributed by atoms with Crippen LogP contribution >= 0.6 is 11.3 Å². The van der Waals surface area contributed by atoms with Crippen LogP contribution in [0.4, 0.5) is 5.69 Å². The fourth-order valence-corrected chi connectivity index (χ4v) is 3.80. The van der Waals surface area contributed by atoms with Gasteiger partial charge in [0.25, 0.3) is 5.56 Å². The molecule has 0 bridgehead atoms. The summed E-state index contributed by atoms with van der Waals surface area (Å²) in [7, 11) is 0. The Morgan fingerprint density at radius 3 is 2.70 bits per heavy atom. The number of thiophene rings is 1. The van der Waals surface area contributed by atoms with E-state index < -0.39 is 5.97 Å². The number of rotatable bonds is 5. The highest BCUT2D eigenvalue weighted by atomic mass is 32.1. The number of carbonyl (C=O) groups is 2. The molecule has 2 heterocycles. The van der Waals surface area contributed by atoms with E-state index in [2.05, 4.69) is 15.3 Å². The van der Waals surface area contributed by atoms with Crippen LogP contribution in [0.3, 0.4) is 0 Å². The quantitative estimate of drug-likeness (QED) is 0.624. The van der Waals surface area contributed by atoms with Gasteiger partial charge in [-0.25, -0.2) is 9.78 Å². The molecule has 0 aliphatic carbocycles. The van der Waals surface area contributed by atoms with Gasteiger partial charge in [0, 0.05) is 23.4 Å². The molecule has 1 amide bonds. The van der Waals surface area contributed by atoms with E-state index in [1.165, 1.54) is 23.5 Å². The second kappa shape index (κ2) is 7.32.